The number of hydrogen-bond donors (Lipinski definition) is 1. The van der Waals surface area contributed by atoms with Crippen LogP contribution in [0.4, 0.5) is 5.69 Å². The number of amides is 1. The van der Waals surface area contributed by atoms with E-state index in [0.29, 0.717) is 12.5 Å². The lowest BCUT2D eigenvalue weighted by Gasteiger charge is -2.12. The van der Waals surface area contributed by atoms with Gasteiger partial charge in [-0.25, -0.2) is 0 Å². The predicted molar refractivity (Wildman–Crippen MR) is 79.0 cm³/mol. The summed E-state index contributed by atoms with van der Waals surface area (Å²) in [5.74, 6) is 0.0527. The van der Waals surface area contributed by atoms with E-state index >= 15 is 0 Å². The Hall–Kier alpha value is -1.82. The monoisotopic (exact) mass is 312 g/mol. The van der Waals surface area contributed by atoms with E-state index in [2.05, 4.69) is 5.32 Å². The molecule has 1 N–H and O–H groups in total. The highest BCUT2D eigenvalue weighted by Gasteiger charge is 2.30. The highest BCUT2D eigenvalue weighted by Crippen LogP contribution is 2.35. The third-order valence-corrected chi connectivity index (χ3v) is 3.83. The first-order valence-electron chi connectivity index (χ1n) is 6.87. The molecule has 114 valence electrons. The molecule has 1 saturated carbocycles. The number of nitro groups is 1. The van der Waals surface area contributed by atoms with Crippen LogP contribution in [-0.4, -0.2) is 29.4 Å². The lowest BCUT2D eigenvalue weighted by molar-refractivity contribution is -0.385. The van der Waals surface area contributed by atoms with Crippen LogP contribution < -0.4 is 10.1 Å². The Morgan fingerprint density at radius 2 is 2.29 bits per heavy atom. The highest BCUT2D eigenvalue weighted by atomic mass is 35.5. The normalized spacial score (nSPS) is 15.3. The SMILES string of the molecule is CCOc1c(C(=O)NCC(Cl)C2CC2)cccc1[N+](=O)[O-]. The average Bonchev–Trinajstić information content (AvgIpc) is 3.29. The smallest absolute Gasteiger partial charge is 0.311 e. The number of hydrogen-bond acceptors (Lipinski definition) is 4. The predicted octanol–water partition coefficient (Wildman–Crippen LogP) is 2.74. The number of carbonyl (C=O) groups excluding carboxylic acids is 1. The summed E-state index contributed by atoms with van der Waals surface area (Å²) in [7, 11) is 0. The summed E-state index contributed by atoms with van der Waals surface area (Å²) >= 11 is 6.14. The Balaban J connectivity index is 2.14. The Bertz CT molecular complexity index is 546. The van der Waals surface area contributed by atoms with Crippen molar-refractivity contribution in [1.82, 2.24) is 5.32 Å². The number of para-hydroxylation sites is 1. The van der Waals surface area contributed by atoms with Gasteiger partial charge in [0.1, 0.15) is 0 Å². The van der Waals surface area contributed by atoms with Gasteiger partial charge in [-0.05, 0) is 31.7 Å². The molecular formula is C14H17ClN2O4. The van der Waals surface area contributed by atoms with Gasteiger partial charge in [-0.2, -0.15) is 0 Å². The molecule has 1 aromatic carbocycles. The fourth-order valence-corrected chi connectivity index (χ4v) is 2.38. The van der Waals surface area contributed by atoms with Crippen LogP contribution in [0.2, 0.25) is 0 Å². The molecular weight excluding hydrogens is 296 g/mol. The number of ether oxygens (including phenoxy) is 1. The van der Waals surface area contributed by atoms with Gasteiger partial charge in [0.15, 0.2) is 0 Å². The lowest BCUT2D eigenvalue weighted by Crippen LogP contribution is -2.31. The number of halogens is 1. The fraction of sp³-hybridized carbons (Fsp3) is 0.500. The molecule has 1 atom stereocenters. The minimum absolute atomic E-state index is 0.0000411. The quantitative estimate of drug-likeness (QED) is 0.477. The van der Waals surface area contributed by atoms with Crippen LogP contribution in [0.1, 0.15) is 30.1 Å². The Morgan fingerprint density at radius 3 is 2.86 bits per heavy atom. The third-order valence-electron chi connectivity index (χ3n) is 3.32. The molecule has 7 heteroatoms. The Kier molecular flexibility index (Phi) is 5.01. The summed E-state index contributed by atoms with van der Waals surface area (Å²) in [4.78, 5) is 22.6. The first-order valence-corrected chi connectivity index (χ1v) is 7.30. The van der Waals surface area contributed by atoms with E-state index in [-0.39, 0.29) is 29.0 Å². The van der Waals surface area contributed by atoms with Crippen LogP contribution >= 0.6 is 11.6 Å². The van der Waals surface area contributed by atoms with Crippen molar-refractivity contribution in [2.75, 3.05) is 13.2 Å². The van der Waals surface area contributed by atoms with E-state index < -0.39 is 10.8 Å². The van der Waals surface area contributed by atoms with Crippen molar-refractivity contribution >= 4 is 23.2 Å². The molecule has 1 unspecified atom stereocenters. The summed E-state index contributed by atoms with van der Waals surface area (Å²) in [6.07, 6.45) is 2.18. The van der Waals surface area contributed by atoms with Crippen molar-refractivity contribution in [1.29, 1.82) is 0 Å². The summed E-state index contributed by atoms with van der Waals surface area (Å²) < 4.78 is 5.28. The van der Waals surface area contributed by atoms with E-state index in [4.69, 9.17) is 16.3 Å². The summed E-state index contributed by atoms with van der Waals surface area (Å²) in [5.41, 5.74) is -0.0557. The standard InChI is InChI=1S/C14H17ClN2O4/c1-2-21-13-10(4-3-5-12(13)17(19)20)14(18)16-8-11(15)9-6-7-9/h3-5,9,11H,2,6-8H2,1H3,(H,16,18). The molecule has 0 radical (unpaired) electrons. The van der Waals surface area contributed by atoms with E-state index in [1.807, 2.05) is 0 Å². The van der Waals surface area contributed by atoms with Crippen molar-refractivity contribution in [3.05, 3.63) is 33.9 Å². The second-order valence-electron chi connectivity index (χ2n) is 4.91. The van der Waals surface area contributed by atoms with Gasteiger partial charge in [0.25, 0.3) is 5.91 Å². The molecule has 1 amide bonds. The van der Waals surface area contributed by atoms with Crippen LogP contribution in [0, 0.1) is 16.0 Å². The second kappa shape index (κ2) is 6.76. The zero-order valence-corrected chi connectivity index (χ0v) is 12.4. The topological polar surface area (TPSA) is 81.5 Å². The zero-order valence-electron chi connectivity index (χ0n) is 11.7. The van der Waals surface area contributed by atoms with Crippen LogP contribution in [0.15, 0.2) is 18.2 Å². The number of rotatable bonds is 7. The van der Waals surface area contributed by atoms with Crippen LogP contribution in [0.3, 0.4) is 0 Å². The van der Waals surface area contributed by atoms with Crippen molar-refractivity contribution < 1.29 is 14.5 Å². The molecule has 0 bridgehead atoms. The Morgan fingerprint density at radius 1 is 1.57 bits per heavy atom. The first kappa shape index (κ1) is 15.6. The molecule has 6 nitrogen and oxygen atoms in total. The van der Waals surface area contributed by atoms with Crippen molar-refractivity contribution in [2.45, 2.75) is 25.1 Å². The van der Waals surface area contributed by atoms with Gasteiger partial charge in [0.2, 0.25) is 5.75 Å². The molecule has 2 rings (SSSR count). The Labute approximate surface area is 127 Å². The van der Waals surface area contributed by atoms with Gasteiger partial charge in [-0.15, -0.1) is 11.6 Å². The fourth-order valence-electron chi connectivity index (χ4n) is 2.05. The molecule has 1 aromatic rings. The second-order valence-corrected chi connectivity index (χ2v) is 5.47. The van der Waals surface area contributed by atoms with E-state index in [9.17, 15) is 14.9 Å². The minimum Gasteiger partial charge on any atom is -0.487 e. The third kappa shape index (κ3) is 3.85. The number of nitro benzene ring substituents is 1. The maximum Gasteiger partial charge on any atom is 0.311 e. The van der Waals surface area contributed by atoms with Gasteiger partial charge < -0.3 is 10.1 Å². The first-order chi connectivity index (χ1) is 10.0. The molecule has 0 aliphatic heterocycles. The number of carbonyl (C=O) groups is 1. The summed E-state index contributed by atoms with van der Waals surface area (Å²) in [5, 5.41) is 13.6. The molecule has 1 aliphatic rings. The summed E-state index contributed by atoms with van der Waals surface area (Å²) in [6, 6.07) is 4.29. The van der Waals surface area contributed by atoms with Gasteiger partial charge in [-0.1, -0.05) is 6.07 Å². The van der Waals surface area contributed by atoms with E-state index in [1.54, 1.807) is 6.92 Å². The maximum absolute atomic E-state index is 12.2. The zero-order chi connectivity index (χ0) is 15.4. The van der Waals surface area contributed by atoms with Crippen molar-refractivity contribution in [3.8, 4) is 5.75 Å². The number of nitrogens with one attached hydrogen (secondary N) is 1. The largest absolute Gasteiger partial charge is 0.487 e. The minimum atomic E-state index is -0.559. The van der Waals surface area contributed by atoms with Gasteiger partial charge in [-0.3, -0.25) is 14.9 Å². The van der Waals surface area contributed by atoms with Gasteiger partial charge >= 0.3 is 5.69 Å². The summed E-state index contributed by atoms with van der Waals surface area (Å²) in [6.45, 7) is 2.30. The maximum atomic E-state index is 12.2. The van der Waals surface area contributed by atoms with Gasteiger partial charge in [0, 0.05) is 12.6 Å². The molecule has 21 heavy (non-hydrogen) atoms. The molecule has 0 aromatic heterocycles. The average molecular weight is 313 g/mol. The highest BCUT2D eigenvalue weighted by molar-refractivity contribution is 6.21. The van der Waals surface area contributed by atoms with Crippen LogP contribution in [-0.2, 0) is 0 Å². The van der Waals surface area contributed by atoms with Crippen molar-refractivity contribution in [2.24, 2.45) is 5.92 Å². The lowest BCUT2D eigenvalue weighted by atomic mass is 10.1. The number of benzene rings is 1. The molecule has 0 spiro atoms. The number of alkyl halides is 1. The van der Waals surface area contributed by atoms with Crippen LogP contribution in [0.5, 0.6) is 5.75 Å². The molecule has 0 heterocycles. The van der Waals surface area contributed by atoms with Crippen molar-refractivity contribution in [3.63, 3.8) is 0 Å². The molecule has 1 aliphatic carbocycles. The number of nitrogens with zero attached hydrogens (tertiary/aromatic N) is 1. The van der Waals surface area contributed by atoms with Gasteiger partial charge in [0.05, 0.1) is 22.5 Å². The van der Waals surface area contributed by atoms with E-state index in [1.165, 1.54) is 18.2 Å². The van der Waals surface area contributed by atoms with Crippen LogP contribution in [0.25, 0.3) is 0 Å². The molecule has 1 fully saturated rings. The van der Waals surface area contributed by atoms with E-state index in [0.717, 1.165) is 12.8 Å². The molecule has 0 saturated heterocycles.